The van der Waals surface area contributed by atoms with Crippen LogP contribution >= 0.6 is 37.9 Å². The van der Waals surface area contributed by atoms with E-state index in [1.165, 1.54) is 0 Å². The molecule has 0 aliphatic heterocycles. The molecule has 0 fully saturated rings. The van der Waals surface area contributed by atoms with E-state index in [0.717, 1.165) is 0 Å². The van der Waals surface area contributed by atoms with E-state index in [-0.39, 0.29) is 6.42 Å². The number of aliphatic carboxylic acids is 1. The van der Waals surface area contributed by atoms with Crippen LogP contribution in [0.25, 0.3) is 0 Å². The molecule has 0 rings (SSSR count). The van der Waals surface area contributed by atoms with Crippen molar-refractivity contribution in [2.45, 2.75) is 16.3 Å². The van der Waals surface area contributed by atoms with Crippen LogP contribution in [0.15, 0.2) is 0 Å². The zero-order valence-corrected chi connectivity index (χ0v) is 7.29. The lowest BCUT2D eigenvalue weighted by Crippen LogP contribution is -2.06. The first-order valence-corrected chi connectivity index (χ1v) is 3.65. The molecule has 0 aliphatic carbocycles. The molecule has 0 spiro atoms. The number of carboxylic acids is 1. The van der Waals surface area contributed by atoms with Gasteiger partial charge in [0.2, 0.25) is 0 Å². The minimum atomic E-state index is -0.850. The summed E-state index contributed by atoms with van der Waals surface area (Å²) in [6, 6.07) is 0. The topological polar surface area (TPSA) is 37.3 Å². The summed E-state index contributed by atoms with van der Waals surface area (Å²) in [5, 5.41) is 8.17. The molecule has 0 radical (unpaired) electrons. The number of hydrogen-bond donors (Lipinski definition) is 4. The summed E-state index contributed by atoms with van der Waals surface area (Å²) >= 11 is 11.7. The summed E-state index contributed by atoms with van der Waals surface area (Å²) in [5.41, 5.74) is 0. The normalized spacial score (nSPS) is 11.4. The van der Waals surface area contributed by atoms with E-state index < -0.39 is 9.38 Å². The second-order valence-corrected chi connectivity index (χ2v) is 5.02. The average molecular weight is 184 g/mol. The Balaban J connectivity index is 3.39. The third-order valence-electron chi connectivity index (χ3n) is 0.674. The van der Waals surface area contributed by atoms with Gasteiger partial charge in [-0.3, -0.25) is 4.79 Å². The third-order valence-corrected chi connectivity index (χ3v) is 1.35. The SMILES string of the molecule is O=C(O)CCC(S)(S)S. The highest BCUT2D eigenvalue weighted by molar-refractivity contribution is 8.16. The van der Waals surface area contributed by atoms with Crippen molar-refractivity contribution < 1.29 is 9.90 Å². The van der Waals surface area contributed by atoms with Gasteiger partial charge in [-0.05, 0) is 6.42 Å². The van der Waals surface area contributed by atoms with Crippen LogP contribution in [0.5, 0.6) is 0 Å². The molecule has 9 heavy (non-hydrogen) atoms. The maximum absolute atomic E-state index is 9.94. The number of carboxylic acid groups (broad SMARTS) is 1. The molecule has 5 heteroatoms. The Morgan fingerprint density at radius 2 is 1.89 bits per heavy atom. The maximum atomic E-state index is 9.94. The number of rotatable bonds is 3. The number of hydrogen-bond acceptors (Lipinski definition) is 4. The van der Waals surface area contributed by atoms with Gasteiger partial charge < -0.3 is 5.11 Å². The molecule has 0 bridgehead atoms. The summed E-state index contributed by atoms with van der Waals surface area (Å²) in [7, 11) is 0. The fraction of sp³-hybridized carbons (Fsp3) is 0.750. The Morgan fingerprint density at radius 1 is 1.44 bits per heavy atom. The van der Waals surface area contributed by atoms with Gasteiger partial charge in [-0.1, -0.05) is 0 Å². The second-order valence-electron chi connectivity index (χ2n) is 1.67. The van der Waals surface area contributed by atoms with Gasteiger partial charge in [0.05, 0.1) is 3.41 Å². The van der Waals surface area contributed by atoms with Crippen molar-refractivity contribution in [3.8, 4) is 0 Å². The Morgan fingerprint density at radius 3 is 2.00 bits per heavy atom. The Hall–Kier alpha value is 0.520. The van der Waals surface area contributed by atoms with Crippen molar-refractivity contribution in [2.75, 3.05) is 0 Å². The molecule has 0 aliphatic rings. The third kappa shape index (κ3) is 8.52. The highest BCUT2D eigenvalue weighted by Crippen LogP contribution is 2.29. The molecule has 0 aromatic carbocycles. The molecular weight excluding hydrogens is 176 g/mol. The molecule has 0 aromatic heterocycles. The van der Waals surface area contributed by atoms with E-state index >= 15 is 0 Å². The van der Waals surface area contributed by atoms with Crippen LogP contribution in [0.4, 0.5) is 0 Å². The lowest BCUT2D eigenvalue weighted by Gasteiger charge is -2.12. The molecule has 0 amide bonds. The van der Waals surface area contributed by atoms with Gasteiger partial charge in [0.1, 0.15) is 0 Å². The van der Waals surface area contributed by atoms with E-state index in [9.17, 15) is 4.79 Å². The molecule has 0 saturated heterocycles. The highest BCUT2D eigenvalue weighted by atomic mass is 32.2. The molecule has 0 aromatic rings. The van der Waals surface area contributed by atoms with Gasteiger partial charge in [-0.25, -0.2) is 0 Å². The fourth-order valence-electron chi connectivity index (χ4n) is 0.275. The fourth-order valence-corrected chi connectivity index (χ4v) is 0.610. The first-order valence-electron chi connectivity index (χ1n) is 2.31. The summed E-state index contributed by atoms with van der Waals surface area (Å²) in [5.74, 6) is -0.850. The molecule has 1 N–H and O–H groups in total. The molecule has 54 valence electrons. The van der Waals surface area contributed by atoms with Gasteiger partial charge in [0.25, 0.3) is 0 Å². The molecular formula is C4H8O2S3. The quantitative estimate of drug-likeness (QED) is 0.394. The van der Waals surface area contributed by atoms with Crippen LogP contribution in [0.2, 0.25) is 0 Å². The van der Waals surface area contributed by atoms with Crippen molar-refractivity contribution in [1.29, 1.82) is 0 Å². The van der Waals surface area contributed by atoms with Crippen LogP contribution in [-0.2, 0) is 4.79 Å². The largest absolute Gasteiger partial charge is 0.481 e. The Kier molecular flexibility index (Phi) is 3.84. The average Bonchev–Trinajstić information content (AvgIpc) is 1.59. The molecule has 0 unspecified atom stereocenters. The van der Waals surface area contributed by atoms with Crippen LogP contribution in [0, 0.1) is 0 Å². The lowest BCUT2D eigenvalue weighted by molar-refractivity contribution is -0.137. The van der Waals surface area contributed by atoms with Crippen molar-refractivity contribution in [2.24, 2.45) is 0 Å². The van der Waals surface area contributed by atoms with E-state index in [0.29, 0.717) is 6.42 Å². The van der Waals surface area contributed by atoms with E-state index in [4.69, 9.17) is 5.11 Å². The van der Waals surface area contributed by atoms with E-state index in [1.54, 1.807) is 0 Å². The summed E-state index contributed by atoms with van der Waals surface area (Å²) in [6.45, 7) is 0. The first kappa shape index (κ1) is 9.52. The standard InChI is InChI=1S/C4H8O2S3/c5-3(6)1-2-4(7,8)9/h7-9H,1-2H2,(H,5,6). The monoisotopic (exact) mass is 184 g/mol. The van der Waals surface area contributed by atoms with Gasteiger partial charge in [0.15, 0.2) is 0 Å². The first-order chi connectivity index (χ1) is 3.92. The predicted octanol–water partition coefficient (Wildman–Crippen LogP) is 1.29. The van der Waals surface area contributed by atoms with Crippen molar-refractivity contribution in [1.82, 2.24) is 0 Å². The van der Waals surface area contributed by atoms with Crippen LogP contribution in [-0.4, -0.2) is 14.5 Å². The number of thiol groups is 3. The van der Waals surface area contributed by atoms with Gasteiger partial charge in [-0.2, -0.15) is 37.9 Å². The maximum Gasteiger partial charge on any atom is 0.303 e. The van der Waals surface area contributed by atoms with Crippen LogP contribution < -0.4 is 0 Å². The zero-order valence-electron chi connectivity index (χ0n) is 4.61. The second kappa shape index (κ2) is 3.63. The van der Waals surface area contributed by atoms with Crippen LogP contribution in [0.1, 0.15) is 12.8 Å². The molecule has 0 atom stereocenters. The smallest absolute Gasteiger partial charge is 0.303 e. The molecule has 0 heterocycles. The highest BCUT2D eigenvalue weighted by Gasteiger charge is 2.14. The summed E-state index contributed by atoms with van der Waals surface area (Å²) in [6.07, 6.45) is 0.397. The zero-order chi connectivity index (χ0) is 7.49. The van der Waals surface area contributed by atoms with Crippen molar-refractivity contribution >= 4 is 43.9 Å². The summed E-state index contributed by atoms with van der Waals surface area (Å²) < 4.78 is -0.765. The molecule has 2 nitrogen and oxygen atoms in total. The van der Waals surface area contributed by atoms with E-state index in [1.807, 2.05) is 0 Å². The van der Waals surface area contributed by atoms with Crippen LogP contribution in [0.3, 0.4) is 0 Å². The minimum absolute atomic E-state index is 0.0521. The lowest BCUT2D eigenvalue weighted by atomic mass is 10.3. The van der Waals surface area contributed by atoms with Gasteiger partial charge in [0, 0.05) is 6.42 Å². The minimum Gasteiger partial charge on any atom is -0.481 e. The Labute approximate surface area is 70.3 Å². The van der Waals surface area contributed by atoms with E-state index in [2.05, 4.69) is 37.9 Å². The van der Waals surface area contributed by atoms with Gasteiger partial charge in [-0.15, -0.1) is 0 Å². The van der Waals surface area contributed by atoms with Crippen molar-refractivity contribution in [3.63, 3.8) is 0 Å². The van der Waals surface area contributed by atoms with Crippen molar-refractivity contribution in [3.05, 3.63) is 0 Å². The number of carbonyl (C=O) groups is 1. The summed E-state index contributed by atoms with van der Waals surface area (Å²) in [4.78, 5) is 9.94. The predicted molar refractivity (Wildman–Crippen MR) is 46.6 cm³/mol. The van der Waals surface area contributed by atoms with Gasteiger partial charge >= 0.3 is 5.97 Å². The Bertz CT molecular complexity index is 107. The molecule has 0 saturated carbocycles.